The van der Waals surface area contributed by atoms with Gasteiger partial charge in [-0.1, -0.05) is 111 Å². The molecular weight excluding hydrogens is 460 g/mol. The van der Waals surface area contributed by atoms with Crippen molar-refractivity contribution in [3.63, 3.8) is 0 Å². The van der Waals surface area contributed by atoms with E-state index in [2.05, 4.69) is 68.4 Å². The molecule has 0 spiro atoms. The molecule has 5 aromatic carbocycles. The fourth-order valence-electron chi connectivity index (χ4n) is 6.15. The minimum absolute atomic E-state index is 0.0698. The van der Waals surface area contributed by atoms with Crippen LogP contribution in [0.1, 0.15) is 25.0 Å². The van der Waals surface area contributed by atoms with E-state index in [9.17, 15) is 8.42 Å². The second-order valence-electron chi connectivity index (χ2n) is 10.2. The van der Waals surface area contributed by atoms with E-state index in [-0.39, 0.29) is 5.41 Å². The Morgan fingerprint density at radius 1 is 0.528 bits per heavy atom. The number of rotatable bonds is 2. The smallest absolute Gasteiger partial charge is 0.208 e. The predicted molar refractivity (Wildman–Crippen MR) is 146 cm³/mol. The monoisotopic (exact) mass is 484 g/mol. The van der Waals surface area contributed by atoms with E-state index in [1.807, 2.05) is 42.5 Å². The molecule has 0 N–H and O–H groups in total. The van der Waals surface area contributed by atoms with Gasteiger partial charge in [0.2, 0.25) is 9.84 Å². The lowest BCUT2D eigenvalue weighted by Gasteiger charge is -2.21. The molecular formula is C33H24O2S. The predicted octanol–water partition coefficient (Wildman–Crippen LogP) is 8.14. The van der Waals surface area contributed by atoms with Gasteiger partial charge >= 0.3 is 0 Å². The summed E-state index contributed by atoms with van der Waals surface area (Å²) in [7, 11) is -3.59. The molecule has 36 heavy (non-hydrogen) atoms. The van der Waals surface area contributed by atoms with Crippen LogP contribution < -0.4 is 0 Å². The highest BCUT2D eigenvalue weighted by atomic mass is 32.2. The molecule has 7 rings (SSSR count). The summed E-state index contributed by atoms with van der Waals surface area (Å²) in [4.78, 5) is 0.802. The highest BCUT2D eigenvalue weighted by molar-refractivity contribution is 7.92. The maximum Gasteiger partial charge on any atom is 0.208 e. The summed E-state index contributed by atoms with van der Waals surface area (Å²) < 4.78 is 27.2. The van der Waals surface area contributed by atoms with Crippen LogP contribution in [0, 0.1) is 0 Å². The third kappa shape index (κ3) is 2.75. The summed E-state index contributed by atoms with van der Waals surface area (Å²) in [5.41, 5.74) is 10.6. The highest BCUT2D eigenvalue weighted by Gasteiger charge is 2.37. The molecule has 0 radical (unpaired) electrons. The molecule has 174 valence electrons. The van der Waals surface area contributed by atoms with Crippen molar-refractivity contribution in [2.75, 3.05) is 0 Å². The minimum Gasteiger partial charge on any atom is -0.218 e. The summed E-state index contributed by atoms with van der Waals surface area (Å²) >= 11 is 0. The summed E-state index contributed by atoms with van der Waals surface area (Å²) in [6.45, 7) is 4.57. The fraction of sp³-hybridized carbons (Fsp3) is 0.0909. The van der Waals surface area contributed by atoms with E-state index >= 15 is 0 Å². The fourth-order valence-corrected chi connectivity index (χ4v) is 8.04. The molecule has 0 unspecified atom stereocenters. The highest BCUT2D eigenvalue weighted by Crippen LogP contribution is 2.52. The van der Waals surface area contributed by atoms with Gasteiger partial charge in [0, 0.05) is 22.1 Å². The maximum atomic E-state index is 13.6. The zero-order valence-electron chi connectivity index (χ0n) is 20.1. The van der Waals surface area contributed by atoms with Gasteiger partial charge in [0.1, 0.15) is 0 Å². The molecule has 2 nitrogen and oxygen atoms in total. The molecule has 0 saturated carbocycles. The third-order valence-electron chi connectivity index (χ3n) is 7.84. The van der Waals surface area contributed by atoms with Gasteiger partial charge in [-0.15, -0.1) is 0 Å². The first-order chi connectivity index (χ1) is 17.4. The first-order valence-corrected chi connectivity index (χ1v) is 13.7. The lowest BCUT2D eigenvalue weighted by molar-refractivity contribution is 0.599. The van der Waals surface area contributed by atoms with Crippen LogP contribution in [0.25, 0.3) is 44.5 Å². The Bertz CT molecular complexity index is 1830. The molecule has 1 aliphatic carbocycles. The van der Waals surface area contributed by atoms with Crippen molar-refractivity contribution in [3.8, 4) is 44.5 Å². The second-order valence-corrected chi connectivity index (χ2v) is 12.0. The molecule has 5 aromatic rings. The van der Waals surface area contributed by atoms with Gasteiger partial charge in [-0.05, 0) is 51.1 Å². The number of hydrogen-bond donors (Lipinski definition) is 0. The van der Waals surface area contributed by atoms with Crippen molar-refractivity contribution in [3.05, 3.63) is 120 Å². The quantitative estimate of drug-likeness (QED) is 0.249. The molecule has 0 saturated heterocycles. The zero-order valence-corrected chi connectivity index (χ0v) is 20.9. The van der Waals surface area contributed by atoms with Crippen LogP contribution in [0.3, 0.4) is 0 Å². The van der Waals surface area contributed by atoms with Crippen molar-refractivity contribution < 1.29 is 8.42 Å². The van der Waals surface area contributed by atoms with Crippen LogP contribution in [-0.4, -0.2) is 8.42 Å². The molecule has 0 amide bonds. The Hall–Kier alpha value is -3.95. The molecule has 2 aliphatic rings. The van der Waals surface area contributed by atoms with Crippen molar-refractivity contribution >= 4 is 9.84 Å². The van der Waals surface area contributed by atoms with Gasteiger partial charge in [-0.3, -0.25) is 0 Å². The van der Waals surface area contributed by atoms with Gasteiger partial charge in [0.25, 0.3) is 0 Å². The Kier molecular flexibility index (Phi) is 4.32. The first kappa shape index (κ1) is 21.3. The summed E-state index contributed by atoms with van der Waals surface area (Å²) in [5, 5.41) is 0. The molecule has 0 atom stereocenters. The number of hydrogen-bond acceptors (Lipinski definition) is 2. The van der Waals surface area contributed by atoms with Crippen LogP contribution >= 0.6 is 0 Å². The molecule has 0 aromatic heterocycles. The van der Waals surface area contributed by atoms with E-state index in [1.165, 1.54) is 27.8 Å². The van der Waals surface area contributed by atoms with Gasteiger partial charge in [-0.2, -0.15) is 0 Å². The zero-order chi connectivity index (χ0) is 24.7. The van der Waals surface area contributed by atoms with E-state index in [1.54, 1.807) is 12.1 Å². The lowest BCUT2D eigenvalue weighted by atomic mass is 9.82. The molecule has 1 heterocycles. The second kappa shape index (κ2) is 7.28. The SMILES string of the molecule is CC1(C)c2ccccc2-c2c(-c3cccc(-c4cccc5c4S(=O)(=O)c4ccccc4-5)c3)cccc21. The standard InChI is InChI=1S/C33H24O2S/c1-33(2)28-17-5-3-13-27(28)31-23(14-9-18-29(31)33)21-10-7-11-22(20-21)24-15-8-16-26-25-12-4-6-19-30(25)36(34,35)32(24)26/h3-20H,1-2H3. The van der Waals surface area contributed by atoms with Crippen LogP contribution in [0.5, 0.6) is 0 Å². The summed E-state index contributed by atoms with van der Waals surface area (Å²) in [6.07, 6.45) is 0. The topological polar surface area (TPSA) is 34.1 Å². The number of fused-ring (bicyclic) bond motifs is 6. The van der Waals surface area contributed by atoms with Crippen LogP contribution in [0.2, 0.25) is 0 Å². The summed E-state index contributed by atoms with van der Waals surface area (Å²) in [6, 6.07) is 36.6. The molecule has 0 bridgehead atoms. The number of sulfone groups is 1. The van der Waals surface area contributed by atoms with Crippen LogP contribution in [0.15, 0.2) is 119 Å². The first-order valence-electron chi connectivity index (χ1n) is 12.2. The largest absolute Gasteiger partial charge is 0.218 e. The lowest BCUT2D eigenvalue weighted by Crippen LogP contribution is -2.14. The van der Waals surface area contributed by atoms with Crippen LogP contribution in [0.4, 0.5) is 0 Å². The van der Waals surface area contributed by atoms with E-state index in [0.29, 0.717) is 9.79 Å². The third-order valence-corrected chi connectivity index (χ3v) is 9.75. The average molecular weight is 485 g/mol. The minimum atomic E-state index is -3.59. The maximum absolute atomic E-state index is 13.6. The normalized spacial score (nSPS) is 15.6. The van der Waals surface area contributed by atoms with Gasteiger partial charge in [0.15, 0.2) is 0 Å². The van der Waals surface area contributed by atoms with E-state index in [4.69, 9.17) is 0 Å². The van der Waals surface area contributed by atoms with Gasteiger partial charge in [0.05, 0.1) is 9.79 Å². The van der Waals surface area contributed by atoms with Crippen molar-refractivity contribution in [1.29, 1.82) is 0 Å². The van der Waals surface area contributed by atoms with Crippen molar-refractivity contribution in [2.45, 2.75) is 29.1 Å². The van der Waals surface area contributed by atoms with Gasteiger partial charge in [-0.25, -0.2) is 8.42 Å². The summed E-state index contributed by atoms with van der Waals surface area (Å²) in [5.74, 6) is 0. The number of benzene rings is 5. The Labute approximate surface area is 211 Å². The Morgan fingerprint density at radius 2 is 1.08 bits per heavy atom. The van der Waals surface area contributed by atoms with E-state index in [0.717, 1.165) is 27.8 Å². The van der Waals surface area contributed by atoms with Crippen molar-refractivity contribution in [1.82, 2.24) is 0 Å². The van der Waals surface area contributed by atoms with Crippen LogP contribution in [-0.2, 0) is 15.3 Å². The molecule has 0 fully saturated rings. The van der Waals surface area contributed by atoms with Crippen molar-refractivity contribution in [2.24, 2.45) is 0 Å². The Morgan fingerprint density at radius 3 is 1.92 bits per heavy atom. The molecule has 3 heteroatoms. The average Bonchev–Trinajstić information content (AvgIpc) is 3.29. The Balaban J connectivity index is 1.44. The molecule has 1 aliphatic heterocycles. The van der Waals surface area contributed by atoms with Gasteiger partial charge < -0.3 is 0 Å². The van der Waals surface area contributed by atoms with E-state index < -0.39 is 9.84 Å².